The van der Waals surface area contributed by atoms with Crippen LogP contribution in [-0.2, 0) is 16.0 Å². The number of aliphatic hydroxyl groups is 1. The molecule has 3 aromatic rings. The van der Waals surface area contributed by atoms with Crippen molar-refractivity contribution in [2.75, 3.05) is 27.9 Å². The fourth-order valence-corrected chi connectivity index (χ4v) is 4.47. The predicted molar refractivity (Wildman–Crippen MR) is 137 cm³/mol. The van der Waals surface area contributed by atoms with Gasteiger partial charge in [-0.1, -0.05) is 35.9 Å². The van der Waals surface area contributed by atoms with Crippen molar-refractivity contribution >= 4 is 29.1 Å². The molecule has 0 spiro atoms. The van der Waals surface area contributed by atoms with Gasteiger partial charge < -0.3 is 24.2 Å². The zero-order valence-electron chi connectivity index (χ0n) is 20.2. The highest BCUT2D eigenvalue weighted by molar-refractivity contribution is 6.46. The van der Waals surface area contributed by atoms with E-state index in [1.807, 2.05) is 24.3 Å². The van der Waals surface area contributed by atoms with E-state index in [0.29, 0.717) is 34.1 Å². The molecule has 1 unspecified atom stereocenters. The van der Waals surface area contributed by atoms with E-state index in [2.05, 4.69) is 0 Å². The summed E-state index contributed by atoms with van der Waals surface area (Å²) in [7, 11) is 4.60. The Balaban J connectivity index is 1.78. The Bertz CT molecular complexity index is 1320. The lowest BCUT2D eigenvalue weighted by Gasteiger charge is -2.25. The average molecular weight is 508 g/mol. The van der Waals surface area contributed by atoms with Gasteiger partial charge in [0.05, 0.1) is 38.0 Å². The molecule has 4 rings (SSSR count). The third kappa shape index (κ3) is 4.88. The summed E-state index contributed by atoms with van der Waals surface area (Å²) in [5.74, 6) is -0.103. The van der Waals surface area contributed by atoms with Gasteiger partial charge >= 0.3 is 0 Å². The van der Waals surface area contributed by atoms with Gasteiger partial charge in [-0.2, -0.15) is 0 Å². The van der Waals surface area contributed by atoms with Crippen LogP contribution in [-0.4, -0.2) is 49.6 Å². The predicted octanol–water partition coefficient (Wildman–Crippen LogP) is 5.03. The number of hydrogen-bond donors (Lipinski definition) is 1. The van der Waals surface area contributed by atoms with Crippen LogP contribution in [0.4, 0.5) is 0 Å². The number of rotatable bonds is 8. The van der Waals surface area contributed by atoms with Crippen molar-refractivity contribution in [3.8, 4) is 17.2 Å². The minimum Gasteiger partial charge on any atom is -0.507 e. The summed E-state index contributed by atoms with van der Waals surface area (Å²) in [5, 5.41) is 11.6. The van der Waals surface area contributed by atoms with Gasteiger partial charge in [-0.25, -0.2) is 0 Å². The Kier molecular flexibility index (Phi) is 7.50. The second-order valence-electron chi connectivity index (χ2n) is 8.22. The molecular formula is C28H26ClNO6. The van der Waals surface area contributed by atoms with E-state index in [-0.39, 0.29) is 17.9 Å². The molecule has 1 heterocycles. The van der Waals surface area contributed by atoms with Gasteiger partial charge in [0.25, 0.3) is 11.7 Å². The maximum absolute atomic E-state index is 13.3. The second-order valence-corrected chi connectivity index (χ2v) is 8.62. The van der Waals surface area contributed by atoms with E-state index in [0.717, 1.165) is 11.3 Å². The summed E-state index contributed by atoms with van der Waals surface area (Å²) in [6.07, 6.45) is 0.506. The number of methoxy groups -OCH3 is 3. The van der Waals surface area contributed by atoms with Gasteiger partial charge in [0, 0.05) is 12.1 Å². The first-order valence-corrected chi connectivity index (χ1v) is 11.6. The van der Waals surface area contributed by atoms with E-state index in [4.69, 9.17) is 25.8 Å². The highest BCUT2D eigenvalue weighted by Crippen LogP contribution is 2.41. The number of aliphatic hydroxyl groups excluding tert-OH is 1. The number of amides is 1. The standard InChI is InChI=1S/C28H26ClNO6/c1-34-20-10-7-17(8-11-20)13-14-30-25(18-5-4-6-21(15-18)35-2)24(27(32)28(30)33)26(31)19-9-12-22(29)23(16-19)36-3/h4-12,15-16,25,31H,13-14H2,1-3H3/b26-24-. The largest absolute Gasteiger partial charge is 0.507 e. The molecular weight excluding hydrogens is 482 g/mol. The molecule has 8 heteroatoms. The van der Waals surface area contributed by atoms with Crippen LogP contribution in [0.5, 0.6) is 17.2 Å². The quantitative estimate of drug-likeness (QED) is 0.261. The summed E-state index contributed by atoms with van der Waals surface area (Å²) in [5.41, 5.74) is 1.93. The number of ether oxygens (including phenoxy) is 3. The molecule has 0 saturated carbocycles. The maximum atomic E-state index is 13.3. The number of likely N-dealkylation sites (tertiary alicyclic amines) is 1. The van der Waals surface area contributed by atoms with E-state index in [9.17, 15) is 14.7 Å². The lowest BCUT2D eigenvalue weighted by atomic mass is 9.95. The Labute approximate surface area is 214 Å². The van der Waals surface area contributed by atoms with Crippen LogP contribution in [0.15, 0.2) is 72.3 Å². The monoisotopic (exact) mass is 507 g/mol. The van der Waals surface area contributed by atoms with E-state index >= 15 is 0 Å². The lowest BCUT2D eigenvalue weighted by Crippen LogP contribution is -2.31. The van der Waals surface area contributed by atoms with Crippen molar-refractivity contribution < 1.29 is 28.9 Å². The van der Waals surface area contributed by atoms with Gasteiger partial charge in [0.2, 0.25) is 0 Å². The van der Waals surface area contributed by atoms with Crippen molar-refractivity contribution in [1.82, 2.24) is 4.90 Å². The molecule has 0 bridgehead atoms. The smallest absolute Gasteiger partial charge is 0.295 e. The molecule has 0 aliphatic carbocycles. The highest BCUT2D eigenvalue weighted by atomic mass is 35.5. The first-order chi connectivity index (χ1) is 17.4. The number of carbonyl (C=O) groups is 2. The summed E-state index contributed by atoms with van der Waals surface area (Å²) < 4.78 is 15.8. The highest BCUT2D eigenvalue weighted by Gasteiger charge is 2.46. The number of nitrogens with zero attached hydrogens (tertiary/aromatic N) is 1. The van der Waals surface area contributed by atoms with Crippen LogP contribution in [0.3, 0.4) is 0 Å². The molecule has 1 saturated heterocycles. The number of benzene rings is 3. The molecule has 1 aliphatic heterocycles. The fourth-order valence-electron chi connectivity index (χ4n) is 4.27. The molecule has 0 aromatic heterocycles. The van der Waals surface area contributed by atoms with Crippen molar-refractivity contribution in [3.05, 3.63) is 94.0 Å². The zero-order chi connectivity index (χ0) is 25.8. The van der Waals surface area contributed by atoms with E-state index in [1.54, 1.807) is 50.6 Å². The van der Waals surface area contributed by atoms with Gasteiger partial charge in [-0.3, -0.25) is 9.59 Å². The average Bonchev–Trinajstić information content (AvgIpc) is 3.17. The fraction of sp³-hybridized carbons (Fsp3) is 0.214. The SMILES string of the molecule is COc1ccc(CCN2C(=O)C(=O)/C(=C(\O)c3ccc(Cl)c(OC)c3)C2c2cccc(OC)c2)cc1. The van der Waals surface area contributed by atoms with Crippen molar-refractivity contribution in [2.45, 2.75) is 12.5 Å². The van der Waals surface area contributed by atoms with Crippen molar-refractivity contribution in [2.24, 2.45) is 0 Å². The zero-order valence-corrected chi connectivity index (χ0v) is 20.9. The molecule has 7 nitrogen and oxygen atoms in total. The number of ketones is 1. The Hall–Kier alpha value is -3.97. The van der Waals surface area contributed by atoms with Crippen LogP contribution in [0.2, 0.25) is 5.02 Å². The first-order valence-electron chi connectivity index (χ1n) is 11.3. The summed E-state index contributed by atoms with van der Waals surface area (Å²) in [6.45, 7) is 0.263. The number of hydrogen-bond acceptors (Lipinski definition) is 6. The number of halogens is 1. The van der Waals surface area contributed by atoms with Crippen molar-refractivity contribution in [1.29, 1.82) is 0 Å². The Morgan fingerprint density at radius 2 is 1.64 bits per heavy atom. The molecule has 36 heavy (non-hydrogen) atoms. The van der Waals surface area contributed by atoms with Gasteiger partial charge in [-0.15, -0.1) is 0 Å². The van der Waals surface area contributed by atoms with Crippen LogP contribution in [0, 0.1) is 0 Å². The van der Waals surface area contributed by atoms with Gasteiger partial charge in [0.15, 0.2) is 0 Å². The van der Waals surface area contributed by atoms with Gasteiger partial charge in [-0.05, 0) is 60.0 Å². The number of Topliss-reactive ketones (excluding diaryl/α,β-unsaturated/α-hetero) is 1. The van der Waals surface area contributed by atoms with Gasteiger partial charge in [0.1, 0.15) is 23.0 Å². The molecule has 1 atom stereocenters. The van der Waals surface area contributed by atoms with Crippen LogP contribution in [0.1, 0.15) is 22.7 Å². The molecule has 1 amide bonds. The maximum Gasteiger partial charge on any atom is 0.295 e. The first kappa shape index (κ1) is 25.1. The van der Waals surface area contributed by atoms with E-state index < -0.39 is 17.7 Å². The Morgan fingerprint density at radius 1 is 0.917 bits per heavy atom. The molecule has 1 N–H and O–H groups in total. The Morgan fingerprint density at radius 3 is 2.31 bits per heavy atom. The molecule has 186 valence electrons. The topological polar surface area (TPSA) is 85.3 Å². The molecule has 1 fully saturated rings. The third-order valence-electron chi connectivity index (χ3n) is 6.17. The molecule has 1 aliphatic rings. The molecule has 0 radical (unpaired) electrons. The normalized spacial score (nSPS) is 16.8. The van der Waals surface area contributed by atoms with Crippen LogP contribution < -0.4 is 14.2 Å². The lowest BCUT2D eigenvalue weighted by molar-refractivity contribution is -0.139. The number of carbonyl (C=O) groups excluding carboxylic acids is 2. The van der Waals surface area contributed by atoms with E-state index in [1.165, 1.54) is 18.1 Å². The van der Waals surface area contributed by atoms with Crippen LogP contribution in [0.25, 0.3) is 5.76 Å². The summed E-state index contributed by atoms with van der Waals surface area (Å²) >= 11 is 6.14. The third-order valence-corrected chi connectivity index (χ3v) is 6.49. The minimum atomic E-state index is -0.806. The summed E-state index contributed by atoms with van der Waals surface area (Å²) in [6, 6.07) is 18.5. The van der Waals surface area contributed by atoms with Crippen molar-refractivity contribution in [3.63, 3.8) is 0 Å². The summed E-state index contributed by atoms with van der Waals surface area (Å²) in [4.78, 5) is 28.0. The minimum absolute atomic E-state index is 0.00707. The second kappa shape index (κ2) is 10.7. The molecule has 3 aromatic carbocycles. The van der Waals surface area contributed by atoms with Crippen LogP contribution >= 0.6 is 11.6 Å².